The number of thiophene rings is 1. The SMILES string of the molecule is COc1ccc2ccc(S(=O)(=O)N(C)[C@H]3CCN(Cc4csc(C(=N)N)c4)C3=O)cc2c1.O=C(O)C(F)(F)F. The number of likely N-dealkylation sites (N-methyl/N-ethyl adjacent to an activating group) is 1. The van der Waals surface area contributed by atoms with Crippen molar-refractivity contribution in [2.75, 3.05) is 20.7 Å². The summed E-state index contributed by atoms with van der Waals surface area (Å²) in [7, 11) is -0.854. The molecule has 39 heavy (non-hydrogen) atoms. The van der Waals surface area contributed by atoms with Gasteiger partial charge in [0, 0.05) is 20.1 Å². The summed E-state index contributed by atoms with van der Waals surface area (Å²) in [6, 6.07) is 11.4. The third-order valence-corrected chi connectivity index (χ3v) is 8.81. The molecule has 0 aliphatic carbocycles. The number of rotatable bonds is 7. The summed E-state index contributed by atoms with van der Waals surface area (Å²) in [6.07, 6.45) is -4.67. The predicted molar refractivity (Wildman–Crippen MR) is 138 cm³/mol. The Bertz CT molecular complexity index is 1510. The van der Waals surface area contributed by atoms with E-state index >= 15 is 0 Å². The molecule has 1 aliphatic heterocycles. The predicted octanol–water partition coefficient (Wildman–Crippen LogP) is 3.25. The van der Waals surface area contributed by atoms with E-state index in [1.54, 1.807) is 42.3 Å². The Kier molecular flexibility index (Phi) is 8.87. The van der Waals surface area contributed by atoms with Crippen molar-refractivity contribution >= 4 is 49.8 Å². The molecule has 0 radical (unpaired) electrons. The second-order valence-electron chi connectivity index (χ2n) is 8.50. The molecule has 3 aromatic rings. The van der Waals surface area contributed by atoms with Crippen LogP contribution in [-0.2, 0) is 26.2 Å². The zero-order chi connectivity index (χ0) is 29.1. The first kappa shape index (κ1) is 29.9. The summed E-state index contributed by atoms with van der Waals surface area (Å²) >= 11 is 1.35. The summed E-state index contributed by atoms with van der Waals surface area (Å²) in [5.41, 5.74) is 6.39. The van der Waals surface area contributed by atoms with E-state index in [1.807, 2.05) is 17.5 Å². The number of hydrogen-bond donors (Lipinski definition) is 3. The Labute approximate surface area is 225 Å². The van der Waals surface area contributed by atoms with Crippen LogP contribution in [0, 0.1) is 5.41 Å². The number of carbonyl (C=O) groups excluding carboxylic acids is 1. The first-order valence-electron chi connectivity index (χ1n) is 11.2. The molecule has 1 saturated heterocycles. The standard InChI is InChI=1S/C22H24N4O4S2.C2HF3O2/c1-25(19-7-8-26(22(19)27)12-14-9-20(21(23)24)31-13-14)32(28,29)18-6-4-15-3-5-17(30-2)10-16(15)11-18;3-2(4,5)1(6)7/h3-6,9-11,13,19H,7-8,12H2,1-2H3,(H3,23,24);(H,6,7)/t19-;/m0./s1. The molecule has 0 bridgehead atoms. The first-order valence-corrected chi connectivity index (χ1v) is 13.5. The highest BCUT2D eigenvalue weighted by atomic mass is 32.2. The van der Waals surface area contributed by atoms with Crippen LogP contribution in [0.15, 0.2) is 52.7 Å². The van der Waals surface area contributed by atoms with E-state index in [0.717, 1.165) is 16.3 Å². The number of carboxylic acids is 1. The van der Waals surface area contributed by atoms with Gasteiger partial charge >= 0.3 is 12.1 Å². The molecular weight excluding hydrogens is 561 g/mol. The number of fused-ring (bicyclic) bond motifs is 1. The normalized spacial score (nSPS) is 15.8. The van der Waals surface area contributed by atoms with Gasteiger partial charge in [-0.05, 0) is 58.5 Å². The number of aliphatic carboxylic acids is 1. The lowest BCUT2D eigenvalue weighted by Gasteiger charge is -2.23. The molecule has 4 rings (SSSR count). The smallest absolute Gasteiger partial charge is 0.490 e. The maximum absolute atomic E-state index is 13.3. The number of halogens is 3. The van der Waals surface area contributed by atoms with Gasteiger partial charge in [0.25, 0.3) is 0 Å². The van der Waals surface area contributed by atoms with Crippen molar-refractivity contribution in [1.29, 1.82) is 5.41 Å². The molecule has 10 nitrogen and oxygen atoms in total. The summed E-state index contributed by atoms with van der Waals surface area (Å²) in [4.78, 5) is 24.3. The third-order valence-electron chi connectivity index (χ3n) is 5.94. The Balaban J connectivity index is 0.000000532. The van der Waals surface area contributed by atoms with Crippen LogP contribution in [0.25, 0.3) is 10.8 Å². The van der Waals surface area contributed by atoms with Crippen molar-refractivity contribution in [2.24, 2.45) is 5.73 Å². The zero-order valence-electron chi connectivity index (χ0n) is 20.7. The maximum atomic E-state index is 13.3. The lowest BCUT2D eigenvalue weighted by Crippen LogP contribution is -2.42. The molecule has 1 amide bonds. The lowest BCUT2D eigenvalue weighted by atomic mass is 10.1. The van der Waals surface area contributed by atoms with E-state index in [1.165, 1.54) is 22.7 Å². The van der Waals surface area contributed by atoms with Crippen LogP contribution in [0.4, 0.5) is 13.2 Å². The van der Waals surface area contributed by atoms with Crippen LogP contribution in [-0.4, -0.2) is 73.4 Å². The van der Waals surface area contributed by atoms with Crippen molar-refractivity contribution in [3.05, 3.63) is 58.3 Å². The molecular formula is C24H25F3N4O6S2. The van der Waals surface area contributed by atoms with E-state index in [4.69, 9.17) is 25.8 Å². The van der Waals surface area contributed by atoms with E-state index in [-0.39, 0.29) is 16.6 Å². The lowest BCUT2D eigenvalue weighted by molar-refractivity contribution is -0.192. The topological polar surface area (TPSA) is 154 Å². The minimum absolute atomic E-state index is 0.00860. The number of nitrogen functional groups attached to an aromatic ring is 1. The van der Waals surface area contributed by atoms with Crippen LogP contribution in [0.1, 0.15) is 16.9 Å². The van der Waals surface area contributed by atoms with Gasteiger partial charge in [-0.25, -0.2) is 13.2 Å². The molecule has 0 spiro atoms. The number of likely N-dealkylation sites (tertiary alicyclic amines) is 1. The Morgan fingerprint density at radius 1 is 1.23 bits per heavy atom. The minimum atomic E-state index is -5.08. The number of nitrogens with zero attached hydrogens (tertiary/aromatic N) is 2. The third kappa shape index (κ3) is 6.85. The van der Waals surface area contributed by atoms with E-state index in [2.05, 4.69) is 0 Å². The Hall–Kier alpha value is -3.69. The van der Waals surface area contributed by atoms with Crippen molar-refractivity contribution in [2.45, 2.75) is 30.1 Å². The average Bonchev–Trinajstić information content (AvgIpc) is 3.49. The van der Waals surface area contributed by atoms with Gasteiger partial charge in [-0.2, -0.15) is 17.5 Å². The fraction of sp³-hybridized carbons (Fsp3) is 0.292. The number of ether oxygens (including phenoxy) is 1. The molecule has 2 heterocycles. The Morgan fingerprint density at radius 2 is 1.87 bits per heavy atom. The molecule has 2 aromatic carbocycles. The number of carboxylic acid groups (broad SMARTS) is 1. The highest BCUT2D eigenvalue weighted by Crippen LogP contribution is 2.28. The molecule has 1 aromatic heterocycles. The van der Waals surface area contributed by atoms with Gasteiger partial charge < -0.3 is 20.5 Å². The number of carbonyl (C=O) groups is 2. The van der Waals surface area contributed by atoms with Gasteiger partial charge in [0.2, 0.25) is 15.9 Å². The number of amidine groups is 1. The van der Waals surface area contributed by atoms with Crippen LogP contribution >= 0.6 is 11.3 Å². The summed E-state index contributed by atoms with van der Waals surface area (Å²) < 4.78 is 64.7. The second-order valence-corrected chi connectivity index (χ2v) is 11.4. The van der Waals surface area contributed by atoms with Crippen molar-refractivity contribution in [1.82, 2.24) is 9.21 Å². The molecule has 15 heteroatoms. The first-order chi connectivity index (χ1) is 18.1. The fourth-order valence-electron chi connectivity index (χ4n) is 3.86. The van der Waals surface area contributed by atoms with E-state index < -0.39 is 28.2 Å². The molecule has 1 aliphatic rings. The van der Waals surface area contributed by atoms with Gasteiger partial charge in [0.05, 0.1) is 16.9 Å². The monoisotopic (exact) mass is 586 g/mol. The Morgan fingerprint density at radius 3 is 2.44 bits per heavy atom. The van der Waals surface area contributed by atoms with Crippen LogP contribution < -0.4 is 10.5 Å². The molecule has 1 atom stereocenters. The second kappa shape index (κ2) is 11.6. The minimum Gasteiger partial charge on any atom is -0.497 e. The average molecular weight is 587 g/mol. The van der Waals surface area contributed by atoms with Crippen LogP contribution in [0.5, 0.6) is 5.75 Å². The fourth-order valence-corrected chi connectivity index (χ4v) is 6.01. The number of nitrogens with one attached hydrogen (secondary N) is 1. The van der Waals surface area contributed by atoms with Crippen LogP contribution in [0.3, 0.4) is 0 Å². The van der Waals surface area contributed by atoms with E-state index in [9.17, 15) is 26.4 Å². The number of sulfonamides is 1. The molecule has 4 N–H and O–H groups in total. The van der Waals surface area contributed by atoms with Gasteiger partial charge in [0.1, 0.15) is 17.6 Å². The molecule has 210 valence electrons. The number of methoxy groups -OCH3 is 1. The largest absolute Gasteiger partial charge is 0.497 e. The van der Waals surface area contributed by atoms with Gasteiger partial charge in [-0.15, -0.1) is 11.3 Å². The maximum Gasteiger partial charge on any atom is 0.490 e. The van der Waals surface area contributed by atoms with Crippen molar-refractivity contribution in [3.8, 4) is 5.75 Å². The highest BCUT2D eigenvalue weighted by molar-refractivity contribution is 7.89. The number of alkyl halides is 3. The van der Waals surface area contributed by atoms with Gasteiger partial charge in [0.15, 0.2) is 0 Å². The number of nitrogens with two attached hydrogens (primary N) is 1. The summed E-state index contributed by atoms with van der Waals surface area (Å²) in [6.45, 7) is 0.826. The zero-order valence-corrected chi connectivity index (χ0v) is 22.4. The number of amides is 1. The highest BCUT2D eigenvalue weighted by Gasteiger charge is 2.40. The summed E-state index contributed by atoms with van der Waals surface area (Å²) in [5, 5.41) is 18.1. The molecule has 0 saturated carbocycles. The molecule has 0 unspecified atom stereocenters. The summed E-state index contributed by atoms with van der Waals surface area (Å²) in [5.74, 6) is -2.35. The van der Waals surface area contributed by atoms with Gasteiger partial charge in [-0.1, -0.05) is 12.1 Å². The van der Waals surface area contributed by atoms with Gasteiger partial charge in [-0.3, -0.25) is 10.2 Å². The van der Waals surface area contributed by atoms with Crippen molar-refractivity contribution in [3.63, 3.8) is 0 Å². The van der Waals surface area contributed by atoms with Crippen molar-refractivity contribution < 1.29 is 41.0 Å². The van der Waals surface area contributed by atoms with E-state index in [0.29, 0.717) is 30.1 Å². The quantitative estimate of drug-likeness (QED) is 0.284. The van der Waals surface area contributed by atoms with Crippen LogP contribution in [0.2, 0.25) is 0 Å². The molecule has 1 fully saturated rings. The number of hydrogen-bond acceptors (Lipinski definition) is 7. The number of benzene rings is 2.